The zero-order valence-electron chi connectivity index (χ0n) is 18.3. The maximum absolute atomic E-state index is 13.5. The summed E-state index contributed by atoms with van der Waals surface area (Å²) in [4.78, 5) is 35.8. The van der Waals surface area contributed by atoms with E-state index in [2.05, 4.69) is 5.32 Å². The Balaban J connectivity index is 2.06. The lowest BCUT2D eigenvalue weighted by Crippen LogP contribution is -2.37. The van der Waals surface area contributed by atoms with Gasteiger partial charge in [0.15, 0.2) is 6.61 Å². The molecule has 12 heteroatoms. The quantitative estimate of drug-likeness (QED) is 0.526. The van der Waals surface area contributed by atoms with Gasteiger partial charge in [0, 0.05) is 13.1 Å². The number of amides is 3. The van der Waals surface area contributed by atoms with Gasteiger partial charge in [-0.05, 0) is 30.3 Å². The van der Waals surface area contributed by atoms with Crippen molar-refractivity contribution < 1.29 is 36.7 Å². The van der Waals surface area contributed by atoms with Crippen LogP contribution in [-0.2, 0) is 19.6 Å². The van der Waals surface area contributed by atoms with E-state index >= 15 is 0 Å². The van der Waals surface area contributed by atoms with Crippen LogP contribution in [0.5, 0.6) is 5.75 Å². The first-order valence-electron chi connectivity index (χ1n) is 9.84. The molecule has 0 aliphatic rings. The second kappa shape index (κ2) is 11.4. The Hall–Kier alpha value is -3.51. The third-order valence-corrected chi connectivity index (χ3v) is 6.50. The maximum Gasteiger partial charge on any atom is 0.338 e. The molecule has 0 aromatic heterocycles. The standard InChI is InChI=1S/C21H24FN3O7S/c1-4-25(5-2)33(29,30)18-12-14(10-11-17(18)31-3)20(27)32-13-19(26)24-21(28)23-16-9-7-6-8-15(16)22/h6-12H,4-5,13H2,1-3H3,(H2,23,24,26,28). The van der Waals surface area contributed by atoms with Gasteiger partial charge in [0.25, 0.3) is 5.91 Å². The van der Waals surface area contributed by atoms with Crippen molar-refractivity contribution in [3.05, 3.63) is 53.8 Å². The van der Waals surface area contributed by atoms with Crippen molar-refractivity contribution in [1.82, 2.24) is 9.62 Å². The Morgan fingerprint density at radius 3 is 2.33 bits per heavy atom. The molecule has 0 atom stereocenters. The fraction of sp³-hybridized carbons (Fsp3) is 0.286. The molecule has 178 valence electrons. The van der Waals surface area contributed by atoms with Crippen LogP contribution >= 0.6 is 0 Å². The highest BCUT2D eigenvalue weighted by atomic mass is 32.2. The molecule has 0 aliphatic carbocycles. The number of hydrogen-bond donors (Lipinski definition) is 2. The van der Waals surface area contributed by atoms with Crippen molar-refractivity contribution in [2.45, 2.75) is 18.7 Å². The monoisotopic (exact) mass is 481 g/mol. The van der Waals surface area contributed by atoms with E-state index in [1.807, 2.05) is 5.32 Å². The fourth-order valence-electron chi connectivity index (χ4n) is 2.80. The van der Waals surface area contributed by atoms with Gasteiger partial charge in [-0.1, -0.05) is 26.0 Å². The number of esters is 1. The SMILES string of the molecule is CCN(CC)S(=O)(=O)c1cc(C(=O)OCC(=O)NC(=O)Nc2ccccc2F)ccc1OC. The first-order valence-corrected chi connectivity index (χ1v) is 11.3. The first-order chi connectivity index (χ1) is 15.6. The third kappa shape index (κ3) is 6.49. The number of rotatable bonds is 9. The molecule has 0 bridgehead atoms. The summed E-state index contributed by atoms with van der Waals surface area (Å²) in [5.74, 6) is -2.61. The van der Waals surface area contributed by atoms with E-state index in [1.165, 1.54) is 41.7 Å². The van der Waals surface area contributed by atoms with Crippen LogP contribution in [0.3, 0.4) is 0 Å². The van der Waals surface area contributed by atoms with Crippen LogP contribution in [0.4, 0.5) is 14.9 Å². The molecule has 0 radical (unpaired) electrons. The molecule has 2 N–H and O–H groups in total. The number of sulfonamides is 1. The smallest absolute Gasteiger partial charge is 0.338 e. The average molecular weight is 482 g/mol. The topological polar surface area (TPSA) is 131 Å². The number of para-hydroxylation sites is 1. The number of ether oxygens (including phenoxy) is 2. The van der Waals surface area contributed by atoms with Crippen LogP contribution in [0.25, 0.3) is 0 Å². The zero-order chi connectivity index (χ0) is 24.6. The van der Waals surface area contributed by atoms with Gasteiger partial charge < -0.3 is 14.8 Å². The van der Waals surface area contributed by atoms with E-state index in [9.17, 15) is 27.2 Å². The van der Waals surface area contributed by atoms with Gasteiger partial charge in [-0.15, -0.1) is 0 Å². The summed E-state index contributed by atoms with van der Waals surface area (Å²) in [6, 6.07) is 8.01. The number of halogens is 1. The molecule has 0 saturated carbocycles. The number of carbonyl (C=O) groups excluding carboxylic acids is 3. The van der Waals surface area contributed by atoms with E-state index in [-0.39, 0.29) is 35.0 Å². The average Bonchev–Trinajstić information content (AvgIpc) is 2.79. The minimum atomic E-state index is -3.94. The molecular weight excluding hydrogens is 457 g/mol. The van der Waals surface area contributed by atoms with Crippen molar-refractivity contribution in [3.63, 3.8) is 0 Å². The molecule has 10 nitrogen and oxygen atoms in total. The second-order valence-corrected chi connectivity index (χ2v) is 8.42. The van der Waals surface area contributed by atoms with E-state index in [0.29, 0.717) is 0 Å². The van der Waals surface area contributed by atoms with Gasteiger partial charge in [-0.3, -0.25) is 10.1 Å². The molecule has 0 heterocycles. The Morgan fingerprint density at radius 2 is 1.73 bits per heavy atom. The summed E-state index contributed by atoms with van der Waals surface area (Å²) in [6.45, 7) is 2.95. The van der Waals surface area contributed by atoms with E-state index in [0.717, 1.165) is 12.1 Å². The number of nitrogens with zero attached hydrogens (tertiary/aromatic N) is 1. The molecule has 2 aromatic carbocycles. The lowest BCUT2D eigenvalue weighted by Gasteiger charge is -2.20. The summed E-state index contributed by atoms with van der Waals surface area (Å²) in [5.41, 5.74) is -0.273. The number of benzene rings is 2. The van der Waals surface area contributed by atoms with Gasteiger partial charge >= 0.3 is 12.0 Å². The Morgan fingerprint density at radius 1 is 1.06 bits per heavy atom. The molecule has 0 spiro atoms. The van der Waals surface area contributed by atoms with Gasteiger partial charge in [0.1, 0.15) is 16.5 Å². The molecular formula is C21H24FN3O7S. The van der Waals surface area contributed by atoms with E-state index < -0.39 is 40.4 Å². The highest BCUT2D eigenvalue weighted by Gasteiger charge is 2.27. The fourth-order valence-corrected chi connectivity index (χ4v) is 4.44. The number of hydrogen-bond acceptors (Lipinski definition) is 7. The number of nitrogens with one attached hydrogen (secondary N) is 2. The predicted molar refractivity (Wildman–Crippen MR) is 117 cm³/mol. The molecule has 2 aromatic rings. The summed E-state index contributed by atoms with van der Waals surface area (Å²) in [5, 5.41) is 4.04. The van der Waals surface area contributed by atoms with Gasteiger partial charge in [0.05, 0.1) is 18.4 Å². The Labute approximate surface area is 190 Å². The van der Waals surface area contributed by atoms with Gasteiger partial charge in [0.2, 0.25) is 10.0 Å². The molecule has 0 fully saturated rings. The predicted octanol–water partition coefficient (Wildman–Crippen LogP) is 2.37. The molecule has 3 amide bonds. The molecule has 0 saturated heterocycles. The molecule has 33 heavy (non-hydrogen) atoms. The Kier molecular flexibility index (Phi) is 8.88. The lowest BCUT2D eigenvalue weighted by atomic mass is 10.2. The number of urea groups is 1. The number of anilines is 1. The largest absolute Gasteiger partial charge is 0.495 e. The Bertz CT molecular complexity index is 1130. The summed E-state index contributed by atoms with van der Waals surface area (Å²) in [7, 11) is -2.65. The highest BCUT2D eigenvalue weighted by molar-refractivity contribution is 7.89. The number of carbonyl (C=O) groups is 3. The van der Waals surface area contributed by atoms with Gasteiger partial charge in [-0.2, -0.15) is 4.31 Å². The molecule has 0 aliphatic heterocycles. The van der Waals surface area contributed by atoms with Crippen LogP contribution < -0.4 is 15.4 Å². The highest BCUT2D eigenvalue weighted by Crippen LogP contribution is 2.28. The van der Waals surface area contributed by atoms with Crippen LogP contribution in [0, 0.1) is 5.82 Å². The van der Waals surface area contributed by atoms with Crippen molar-refractivity contribution >= 4 is 33.6 Å². The molecule has 2 rings (SSSR count). The van der Waals surface area contributed by atoms with Crippen molar-refractivity contribution in [3.8, 4) is 5.75 Å². The number of methoxy groups -OCH3 is 1. The van der Waals surface area contributed by atoms with Crippen molar-refractivity contribution in [2.75, 3.05) is 32.1 Å². The van der Waals surface area contributed by atoms with Crippen LogP contribution in [0.2, 0.25) is 0 Å². The summed E-state index contributed by atoms with van der Waals surface area (Å²) >= 11 is 0. The maximum atomic E-state index is 13.5. The minimum absolute atomic E-state index is 0.0426. The van der Waals surface area contributed by atoms with E-state index in [1.54, 1.807) is 13.8 Å². The third-order valence-electron chi connectivity index (χ3n) is 4.43. The number of imide groups is 1. The van der Waals surface area contributed by atoms with E-state index in [4.69, 9.17) is 9.47 Å². The second-order valence-electron chi connectivity index (χ2n) is 6.51. The van der Waals surface area contributed by atoms with Crippen molar-refractivity contribution in [2.24, 2.45) is 0 Å². The van der Waals surface area contributed by atoms with Crippen LogP contribution in [0.1, 0.15) is 24.2 Å². The first kappa shape index (κ1) is 25.7. The molecule has 0 unspecified atom stereocenters. The minimum Gasteiger partial charge on any atom is -0.495 e. The summed E-state index contributed by atoms with van der Waals surface area (Å²) < 4.78 is 50.5. The zero-order valence-corrected chi connectivity index (χ0v) is 19.1. The van der Waals surface area contributed by atoms with Crippen LogP contribution in [0.15, 0.2) is 47.4 Å². The van der Waals surface area contributed by atoms with Crippen LogP contribution in [-0.4, -0.2) is 57.4 Å². The summed E-state index contributed by atoms with van der Waals surface area (Å²) in [6.07, 6.45) is 0. The lowest BCUT2D eigenvalue weighted by molar-refractivity contribution is -0.123. The van der Waals surface area contributed by atoms with Gasteiger partial charge in [-0.25, -0.2) is 22.4 Å². The van der Waals surface area contributed by atoms with Crippen molar-refractivity contribution in [1.29, 1.82) is 0 Å². The normalized spacial score (nSPS) is 11.1.